The number of nitrogens with one attached hydrogen (secondary N) is 1. The molecule has 0 bridgehead atoms. The summed E-state index contributed by atoms with van der Waals surface area (Å²) in [6.07, 6.45) is 2.96. The summed E-state index contributed by atoms with van der Waals surface area (Å²) in [6.45, 7) is 2.09. The normalized spacial score (nSPS) is 10.8. The molecule has 0 fully saturated rings. The van der Waals surface area contributed by atoms with E-state index in [0.717, 1.165) is 5.56 Å². The largest absolute Gasteiger partial charge is 0.462 e. The highest BCUT2D eigenvalue weighted by Gasteiger charge is 2.27. The summed E-state index contributed by atoms with van der Waals surface area (Å²) in [5.41, 5.74) is 8.23. The Labute approximate surface area is 194 Å². The predicted octanol–water partition coefficient (Wildman–Crippen LogP) is 3.80. The highest BCUT2D eigenvalue weighted by molar-refractivity contribution is 6.49. The third-order valence-electron chi connectivity index (χ3n) is 5.24. The Kier molecular flexibility index (Phi) is 6.35. The van der Waals surface area contributed by atoms with Crippen molar-refractivity contribution in [3.63, 3.8) is 0 Å². The number of rotatable bonds is 7. The van der Waals surface area contributed by atoms with Gasteiger partial charge in [-0.05, 0) is 55.0 Å². The van der Waals surface area contributed by atoms with E-state index in [9.17, 15) is 18.8 Å². The Morgan fingerprint density at radius 2 is 1.76 bits per heavy atom. The van der Waals surface area contributed by atoms with Gasteiger partial charge in [0.15, 0.2) is 0 Å². The van der Waals surface area contributed by atoms with Gasteiger partial charge >= 0.3 is 5.97 Å². The van der Waals surface area contributed by atoms with Crippen molar-refractivity contribution < 1.29 is 23.5 Å². The van der Waals surface area contributed by atoms with E-state index in [0.29, 0.717) is 16.6 Å². The molecule has 4 aromatic rings. The van der Waals surface area contributed by atoms with Crippen LogP contribution in [0.1, 0.15) is 33.2 Å². The molecule has 0 aliphatic heterocycles. The quantitative estimate of drug-likeness (QED) is 0.246. The zero-order valence-electron chi connectivity index (χ0n) is 18.2. The van der Waals surface area contributed by atoms with Crippen LogP contribution in [0.2, 0.25) is 0 Å². The lowest BCUT2D eigenvalue weighted by molar-refractivity contribution is -0.112. The zero-order chi connectivity index (χ0) is 24.2. The van der Waals surface area contributed by atoms with E-state index in [4.69, 9.17) is 10.5 Å². The second-order valence-corrected chi connectivity index (χ2v) is 7.44. The fourth-order valence-corrected chi connectivity index (χ4v) is 3.63. The average molecular weight is 460 g/mol. The Hall–Kier alpha value is -4.53. The van der Waals surface area contributed by atoms with Crippen LogP contribution in [0.25, 0.3) is 10.9 Å². The van der Waals surface area contributed by atoms with Gasteiger partial charge in [0.2, 0.25) is 0 Å². The summed E-state index contributed by atoms with van der Waals surface area (Å²) >= 11 is 0. The molecule has 0 atom stereocenters. The molecule has 0 saturated carbocycles. The highest BCUT2D eigenvalue weighted by Crippen LogP contribution is 2.31. The summed E-state index contributed by atoms with van der Waals surface area (Å²) in [5.74, 6) is -2.64. The molecule has 1 amide bonds. The minimum atomic E-state index is -0.889. The van der Waals surface area contributed by atoms with Crippen LogP contribution in [0.5, 0.6) is 0 Å². The van der Waals surface area contributed by atoms with Crippen molar-refractivity contribution in [2.45, 2.75) is 13.5 Å². The lowest BCUT2D eigenvalue weighted by Crippen LogP contribution is -2.24. The fourth-order valence-electron chi connectivity index (χ4n) is 3.63. The highest BCUT2D eigenvalue weighted by atomic mass is 19.1. The maximum Gasteiger partial charge on any atom is 0.338 e. The van der Waals surface area contributed by atoms with Crippen molar-refractivity contribution in [3.05, 3.63) is 89.5 Å². The van der Waals surface area contributed by atoms with Crippen LogP contribution < -0.4 is 11.1 Å². The second-order valence-electron chi connectivity index (χ2n) is 7.44. The maximum atomic E-state index is 13.4. The monoisotopic (exact) mass is 460 g/mol. The number of halogens is 1. The van der Waals surface area contributed by atoms with Gasteiger partial charge in [-0.25, -0.2) is 9.18 Å². The van der Waals surface area contributed by atoms with Crippen LogP contribution in [0, 0.1) is 5.82 Å². The summed E-state index contributed by atoms with van der Waals surface area (Å²) in [5, 5.41) is 2.86. The molecule has 4 rings (SSSR count). The Morgan fingerprint density at radius 1 is 1.06 bits per heavy atom. The van der Waals surface area contributed by atoms with Crippen LogP contribution in [-0.2, 0) is 16.1 Å². The fraction of sp³-hybridized carbons (Fsp3) is 0.120. The van der Waals surface area contributed by atoms with Crippen molar-refractivity contribution in [3.8, 4) is 0 Å². The lowest BCUT2D eigenvalue weighted by Gasteiger charge is -2.09. The molecule has 0 spiro atoms. The van der Waals surface area contributed by atoms with Crippen LogP contribution in [-0.4, -0.2) is 33.8 Å². The van der Waals surface area contributed by atoms with Crippen LogP contribution in [0.15, 0.2) is 67.0 Å². The number of nitrogens with zero attached hydrogens (tertiary/aromatic N) is 2. The number of fused-ring (bicyclic) bond motifs is 1. The van der Waals surface area contributed by atoms with Crippen molar-refractivity contribution >= 4 is 40.1 Å². The van der Waals surface area contributed by atoms with E-state index in [1.165, 1.54) is 30.6 Å². The number of aromatic nitrogens is 2. The zero-order valence-corrected chi connectivity index (χ0v) is 18.2. The molecule has 0 radical (unpaired) electrons. The first-order valence-corrected chi connectivity index (χ1v) is 10.5. The van der Waals surface area contributed by atoms with Gasteiger partial charge in [0.25, 0.3) is 11.7 Å². The van der Waals surface area contributed by atoms with Crippen LogP contribution in [0.3, 0.4) is 0 Å². The number of nitrogen functional groups attached to an aromatic ring is 1. The number of esters is 1. The molecular weight excluding hydrogens is 439 g/mol. The number of Topliss-reactive ketones (excluding diaryl/α,β-unsaturated/α-hetero) is 1. The Morgan fingerprint density at radius 3 is 2.44 bits per heavy atom. The van der Waals surface area contributed by atoms with E-state index in [-0.39, 0.29) is 35.9 Å². The van der Waals surface area contributed by atoms with E-state index in [1.54, 1.807) is 47.9 Å². The average Bonchev–Trinajstić information content (AvgIpc) is 3.11. The minimum Gasteiger partial charge on any atom is -0.462 e. The third-order valence-corrected chi connectivity index (χ3v) is 5.24. The lowest BCUT2D eigenvalue weighted by atomic mass is 10.1. The summed E-state index contributed by atoms with van der Waals surface area (Å²) in [4.78, 5) is 42.1. The summed E-state index contributed by atoms with van der Waals surface area (Å²) < 4.78 is 20.1. The molecule has 2 heterocycles. The van der Waals surface area contributed by atoms with E-state index in [2.05, 4.69) is 10.3 Å². The van der Waals surface area contributed by atoms with Crippen molar-refractivity contribution in [2.75, 3.05) is 17.7 Å². The van der Waals surface area contributed by atoms with E-state index >= 15 is 0 Å². The number of carbonyl (C=O) groups is 3. The molecule has 2 aromatic heterocycles. The molecule has 8 nitrogen and oxygen atoms in total. The minimum absolute atomic E-state index is 0.0326. The maximum absolute atomic E-state index is 13.4. The van der Waals surface area contributed by atoms with Gasteiger partial charge < -0.3 is 20.4 Å². The first kappa shape index (κ1) is 22.7. The van der Waals surface area contributed by atoms with Gasteiger partial charge in [-0.3, -0.25) is 14.6 Å². The number of ketones is 1. The molecule has 0 aliphatic carbocycles. The smallest absolute Gasteiger partial charge is 0.338 e. The number of hydrogen-bond donors (Lipinski definition) is 2. The summed E-state index contributed by atoms with van der Waals surface area (Å²) in [7, 11) is 0. The summed E-state index contributed by atoms with van der Waals surface area (Å²) in [6, 6.07) is 13.6. The predicted molar refractivity (Wildman–Crippen MR) is 125 cm³/mol. The van der Waals surface area contributed by atoms with Gasteiger partial charge in [0, 0.05) is 30.0 Å². The topological polar surface area (TPSA) is 116 Å². The molecule has 2 aromatic carbocycles. The first-order chi connectivity index (χ1) is 16.4. The molecule has 3 N–H and O–H groups in total. The van der Waals surface area contributed by atoms with Crippen molar-refractivity contribution in [2.24, 2.45) is 0 Å². The first-order valence-electron chi connectivity index (χ1n) is 10.5. The number of hydrogen-bond acceptors (Lipinski definition) is 6. The molecular formula is C25H21FN4O4. The second kappa shape index (κ2) is 9.53. The number of nitrogens with two attached hydrogens (primary N) is 1. The van der Waals surface area contributed by atoms with Crippen molar-refractivity contribution in [1.29, 1.82) is 0 Å². The van der Waals surface area contributed by atoms with E-state index < -0.39 is 17.7 Å². The van der Waals surface area contributed by atoms with Crippen molar-refractivity contribution in [1.82, 2.24) is 9.55 Å². The Balaban J connectivity index is 1.80. The molecule has 0 aliphatic rings. The molecule has 34 heavy (non-hydrogen) atoms. The van der Waals surface area contributed by atoms with Gasteiger partial charge in [-0.15, -0.1) is 0 Å². The number of carbonyl (C=O) groups excluding carboxylic acids is 3. The van der Waals surface area contributed by atoms with E-state index in [1.807, 2.05) is 0 Å². The SMILES string of the molecule is CCOC(=O)c1ccc2c(c1)c(C(=O)C(=O)Nc1ccncc1)c(N)n2Cc1ccc(F)cc1. The number of pyridine rings is 1. The molecule has 0 unspecified atom stereocenters. The molecule has 0 saturated heterocycles. The number of ether oxygens (including phenoxy) is 1. The van der Waals surface area contributed by atoms with Gasteiger partial charge in [0.1, 0.15) is 11.6 Å². The molecule has 172 valence electrons. The number of amides is 1. The number of benzene rings is 2. The van der Waals surface area contributed by atoms with Gasteiger partial charge in [0.05, 0.1) is 23.3 Å². The number of anilines is 2. The van der Waals surface area contributed by atoms with Crippen LogP contribution in [0.4, 0.5) is 15.9 Å². The standard InChI is InChI=1S/C25H21FN4O4/c1-2-34-25(33)16-5-8-20-19(13-16)21(22(31)24(32)29-18-9-11-28-12-10-18)23(27)30(20)14-15-3-6-17(26)7-4-15/h3-13H,2,14,27H2,1H3,(H,28,29,32). The molecule has 9 heteroatoms. The van der Waals surface area contributed by atoms with Crippen LogP contribution >= 0.6 is 0 Å². The van der Waals surface area contributed by atoms with Gasteiger partial charge in [-0.1, -0.05) is 12.1 Å². The van der Waals surface area contributed by atoms with Gasteiger partial charge in [-0.2, -0.15) is 0 Å². The Bertz CT molecular complexity index is 1380. The third kappa shape index (κ3) is 4.49.